The van der Waals surface area contributed by atoms with E-state index in [1.54, 1.807) is 0 Å². The predicted octanol–water partition coefficient (Wildman–Crippen LogP) is 3.93. The van der Waals surface area contributed by atoms with Crippen LogP contribution in [0.3, 0.4) is 0 Å². The van der Waals surface area contributed by atoms with Gasteiger partial charge in [0.05, 0.1) is 5.56 Å². The number of hydrogen-bond donors (Lipinski definition) is 1. The van der Waals surface area contributed by atoms with Crippen LogP contribution in [0.1, 0.15) is 27.3 Å². The van der Waals surface area contributed by atoms with Gasteiger partial charge in [-0.2, -0.15) is 0 Å². The molecule has 1 N–H and O–H groups in total. The van der Waals surface area contributed by atoms with Gasteiger partial charge in [0, 0.05) is 60.5 Å². The van der Waals surface area contributed by atoms with Gasteiger partial charge in [0.15, 0.2) is 0 Å². The first kappa shape index (κ1) is 21.6. The minimum absolute atomic E-state index is 0.0627. The van der Waals surface area contributed by atoms with E-state index in [9.17, 15) is 4.79 Å². The molecule has 0 saturated carbocycles. The number of nitrogens with one attached hydrogen (secondary N) is 1. The Hall–Kier alpha value is -2.64. The summed E-state index contributed by atoms with van der Waals surface area (Å²) in [5.74, 6) is 0.917. The number of halogens is 1. The fraction of sp³-hybridized carbons (Fsp3) is 0.333. The average molecular weight is 482 g/mol. The van der Waals surface area contributed by atoms with Gasteiger partial charge in [-0.1, -0.05) is 22.0 Å². The molecular formula is C24H28BrN5O. The lowest BCUT2D eigenvalue weighted by molar-refractivity contribution is 0.0950. The molecular weight excluding hydrogens is 454 g/mol. The summed E-state index contributed by atoms with van der Waals surface area (Å²) in [6.07, 6.45) is 1.83. The molecule has 1 saturated heterocycles. The fourth-order valence-corrected chi connectivity index (χ4v) is 4.45. The molecule has 0 aliphatic carbocycles. The summed E-state index contributed by atoms with van der Waals surface area (Å²) in [6, 6.07) is 14.1. The van der Waals surface area contributed by atoms with Gasteiger partial charge in [0.1, 0.15) is 5.82 Å². The summed E-state index contributed by atoms with van der Waals surface area (Å²) in [4.78, 5) is 22.1. The van der Waals surface area contributed by atoms with Crippen molar-refractivity contribution in [1.29, 1.82) is 0 Å². The van der Waals surface area contributed by atoms with E-state index >= 15 is 0 Å². The number of hydrogen-bond acceptors (Lipinski definition) is 4. The van der Waals surface area contributed by atoms with Crippen LogP contribution in [0.4, 0.5) is 5.82 Å². The van der Waals surface area contributed by atoms with E-state index in [0.717, 1.165) is 59.1 Å². The number of benzene rings is 1. The van der Waals surface area contributed by atoms with Crippen LogP contribution < -0.4 is 10.2 Å². The Kier molecular flexibility index (Phi) is 6.43. The molecule has 6 nitrogen and oxygen atoms in total. The number of aryl methyl sites for hydroxylation is 1. The van der Waals surface area contributed by atoms with Gasteiger partial charge in [-0.15, -0.1) is 0 Å². The fourth-order valence-electron chi connectivity index (χ4n) is 4.06. The Balaban J connectivity index is 1.46. The number of amides is 1. The van der Waals surface area contributed by atoms with Gasteiger partial charge >= 0.3 is 0 Å². The lowest BCUT2D eigenvalue weighted by atomic mass is 10.2. The standard InChI is InChI=1S/C24H28BrN5O/c1-17-13-22(18(2)30(17)21-6-4-5-20(25)15-21)24(31)27-16-19-7-8-26-23(14-19)29-11-9-28(3)10-12-29/h4-8,13-15H,9-12,16H2,1-3H3,(H,27,31). The van der Waals surface area contributed by atoms with E-state index in [0.29, 0.717) is 12.1 Å². The van der Waals surface area contributed by atoms with Crippen molar-refractivity contribution in [3.63, 3.8) is 0 Å². The second kappa shape index (κ2) is 9.24. The molecule has 4 rings (SSSR count). The molecule has 3 aromatic rings. The molecule has 1 aliphatic heterocycles. The molecule has 1 amide bonds. The van der Waals surface area contributed by atoms with Crippen LogP contribution >= 0.6 is 15.9 Å². The zero-order valence-corrected chi connectivity index (χ0v) is 19.8. The molecule has 1 aromatic carbocycles. The lowest BCUT2D eigenvalue weighted by Gasteiger charge is -2.33. The monoisotopic (exact) mass is 481 g/mol. The first-order valence-corrected chi connectivity index (χ1v) is 11.3. The Morgan fingerprint density at radius 2 is 1.87 bits per heavy atom. The minimum atomic E-state index is -0.0627. The van der Waals surface area contributed by atoms with E-state index in [-0.39, 0.29) is 5.91 Å². The number of carbonyl (C=O) groups excluding carboxylic acids is 1. The topological polar surface area (TPSA) is 53.4 Å². The highest BCUT2D eigenvalue weighted by molar-refractivity contribution is 9.10. The summed E-state index contributed by atoms with van der Waals surface area (Å²) in [5.41, 5.74) is 4.75. The maximum absolute atomic E-state index is 13.0. The van der Waals surface area contributed by atoms with Crippen molar-refractivity contribution >= 4 is 27.7 Å². The third-order valence-corrected chi connectivity index (χ3v) is 6.33. The quantitative estimate of drug-likeness (QED) is 0.599. The highest BCUT2D eigenvalue weighted by Crippen LogP contribution is 2.23. The van der Waals surface area contributed by atoms with Crippen LogP contribution in [0.5, 0.6) is 0 Å². The van der Waals surface area contributed by atoms with E-state index in [4.69, 9.17) is 0 Å². The van der Waals surface area contributed by atoms with Gasteiger partial charge in [-0.05, 0) is 62.9 Å². The number of aromatic nitrogens is 2. The molecule has 1 fully saturated rings. The summed E-state index contributed by atoms with van der Waals surface area (Å²) >= 11 is 3.53. The second-order valence-corrected chi connectivity index (χ2v) is 9.01. The number of likely N-dealkylation sites (N-methyl/N-ethyl adjacent to an activating group) is 1. The van der Waals surface area contributed by atoms with Crippen LogP contribution in [0.25, 0.3) is 5.69 Å². The van der Waals surface area contributed by atoms with Crippen molar-refractivity contribution in [2.45, 2.75) is 20.4 Å². The van der Waals surface area contributed by atoms with Crippen LogP contribution in [-0.4, -0.2) is 53.6 Å². The van der Waals surface area contributed by atoms with Crippen molar-refractivity contribution in [2.24, 2.45) is 0 Å². The van der Waals surface area contributed by atoms with E-state index in [2.05, 4.69) is 59.8 Å². The zero-order valence-electron chi connectivity index (χ0n) is 18.2. The average Bonchev–Trinajstić information content (AvgIpc) is 3.07. The van der Waals surface area contributed by atoms with Crippen LogP contribution in [0.15, 0.2) is 53.1 Å². The molecule has 0 spiro atoms. The third-order valence-electron chi connectivity index (χ3n) is 5.83. The number of piperazine rings is 1. The summed E-state index contributed by atoms with van der Waals surface area (Å²) in [7, 11) is 2.14. The van der Waals surface area contributed by atoms with Crippen molar-refractivity contribution in [2.75, 3.05) is 38.1 Å². The lowest BCUT2D eigenvalue weighted by Crippen LogP contribution is -2.44. The van der Waals surface area contributed by atoms with Crippen LogP contribution in [0, 0.1) is 13.8 Å². The molecule has 1 aliphatic rings. The highest BCUT2D eigenvalue weighted by atomic mass is 79.9. The van der Waals surface area contributed by atoms with Crippen molar-refractivity contribution < 1.29 is 4.79 Å². The number of anilines is 1. The zero-order chi connectivity index (χ0) is 22.0. The second-order valence-electron chi connectivity index (χ2n) is 8.10. The smallest absolute Gasteiger partial charge is 0.253 e. The van der Waals surface area contributed by atoms with Gasteiger partial charge in [-0.3, -0.25) is 4.79 Å². The largest absolute Gasteiger partial charge is 0.354 e. The molecule has 31 heavy (non-hydrogen) atoms. The molecule has 0 radical (unpaired) electrons. The normalized spacial score (nSPS) is 14.6. The molecule has 162 valence electrons. The molecule has 2 aromatic heterocycles. The van der Waals surface area contributed by atoms with Gasteiger partial charge in [-0.25, -0.2) is 4.98 Å². The van der Waals surface area contributed by atoms with Crippen LogP contribution in [0.2, 0.25) is 0 Å². The molecule has 0 atom stereocenters. The van der Waals surface area contributed by atoms with Gasteiger partial charge in [0.25, 0.3) is 5.91 Å². The molecule has 3 heterocycles. The number of nitrogens with zero attached hydrogens (tertiary/aromatic N) is 4. The van der Waals surface area contributed by atoms with Crippen molar-refractivity contribution in [3.05, 3.63) is 75.6 Å². The first-order chi connectivity index (χ1) is 14.9. The summed E-state index contributed by atoms with van der Waals surface area (Å²) in [5, 5.41) is 3.08. The minimum Gasteiger partial charge on any atom is -0.354 e. The maximum Gasteiger partial charge on any atom is 0.253 e. The molecule has 7 heteroatoms. The SMILES string of the molecule is Cc1cc(C(=O)NCc2ccnc(N3CCN(C)CC3)c2)c(C)n1-c1cccc(Br)c1. The number of carbonyl (C=O) groups is 1. The van der Waals surface area contributed by atoms with E-state index in [1.807, 2.05) is 50.4 Å². The van der Waals surface area contributed by atoms with E-state index in [1.165, 1.54) is 0 Å². The van der Waals surface area contributed by atoms with Crippen molar-refractivity contribution in [1.82, 2.24) is 19.8 Å². The summed E-state index contributed by atoms with van der Waals surface area (Å²) < 4.78 is 3.12. The molecule has 0 unspecified atom stereocenters. The predicted molar refractivity (Wildman–Crippen MR) is 128 cm³/mol. The summed E-state index contributed by atoms with van der Waals surface area (Å²) in [6.45, 7) is 8.51. The number of pyridine rings is 1. The first-order valence-electron chi connectivity index (χ1n) is 10.5. The highest BCUT2D eigenvalue weighted by Gasteiger charge is 2.18. The van der Waals surface area contributed by atoms with Crippen LogP contribution in [-0.2, 0) is 6.54 Å². The number of rotatable bonds is 5. The van der Waals surface area contributed by atoms with E-state index < -0.39 is 0 Å². The van der Waals surface area contributed by atoms with Gasteiger partial charge in [0.2, 0.25) is 0 Å². The molecule has 0 bridgehead atoms. The Morgan fingerprint density at radius 3 is 2.61 bits per heavy atom. The Bertz CT molecular complexity index is 1090. The third kappa shape index (κ3) is 4.83. The Morgan fingerprint density at radius 1 is 1.10 bits per heavy atom. The Labute approximate surface area is 192 Å². The maximum atomic E-state index is 13.0. The van der Waals surface area contributed by atoms with Crippen molar-refractivity contribution in [3.8, 4) is 5.69 Å². The van der Waals surface area contributed by atoms with Gasteiger partial charge < -0.3 is 19.7 Å².